The molecule has 0 bridgehead atoms. The molecule has 76 valence electrons. The quantitative estimate of drug-likeness (QED) is 0.278. The van der Waals surface area contributed by atoms with Gasteiger partial charge in [-0.15, -0.1) is 11.8 Å². The van der Waals surface area contributed by atoms with Crippen molar-refractivity contribution in [2.75, 3.05) is 12.4 Å². The Bertz CT molecular complexity index is 187. The molecule has 1 unspecified atom stereocenters. The van der Waals surface area contributed by atoms with Gasteiger partial charge in [0.05, 0.1) is 17.6 Å². The van der Waals surface area contributed by atoms with E-state index in [4.69, 9.17) is 5.84 Å². The summed E-state index contributed by atoms with van der Waals surface area (Å²) in [5.74, 6) is 4.47. The maximum Gasteiger partial charge on any atom is 0.315 e. The molecule has 0 aromatic carbocycles. The Labute approximate surface area is 81.3 Å². The standard InChI is InChI=1S/C7H14N2O3S/c1-3-12-6(10)4-13-5(2)7(11)9-8/h5H,3-4,8H2,1-2H3,(H,9,11). The first-order valence-corrected chi connectivity index (χ1v) is 4.94. The zero-order valence-electron chi connectivity index (χ0n) is 7.70. The SMILES string of the molecule is CCOC(=O)CSC(C)C(=O)NN. The van der Waals surface area contributed by atoms with E-state index in [2.05, 4.69) is 4.74 Å². The van der Waals surface area contributed by atoms with Crippen LogP contribution >= 0.6 is 11.8 Å². The third-order valence-corrected chi connectivity index (χ3v) is 2.38. The first kappa shape index (κ1) is 12.2. The van der Waals surface area contributed by atoms with E-state index in [0.717, 1.165) is 0 Å². The summed E-state index contributed by atoms with van der Waals surface area (Å²) in [6, 6.07) is 0. The summed E-state index contributed by atoms with van der Waals surface area (Å²) in [5.41, 5.74) is 2.01. The molecule has 0 aliphatic heterocycles. The van der Waals surface area contributed by atoms with Crippen molar-refractivity contribution in [2.24, 2.45) is 5.84 Å². The lowest BCUT2D eigenvalue weighted by molar-refractivity contribution is -0.139. The molecule has 1 amide bonds. The van der Waals surface area contributed by atoms with Gasteiger partial charge in [0, 0.05) is 0 Å². The summed E-state index contributed by atoms with van der Waals surface area (Å²) in [6.07, 6.45) is 0. The van der Waals surface area contributed by atoms with Gasteiger partial charge in [-0.25, -0.2) is 5.84 Å². The second-order valence-electron chi connectivity index (χ2n) is 2.27. The van der Waals surface area contributed by atoms with Crippen LogP contribution in [0.15, 0.2) is 0 Å². The Morgan fingerprint density at radius 1 is 1.62 bits per heavy atom. The van der Waals surface area contributed by atoms with Gasteiger partial charge in [-0.3, -0.25) is 15.0 Å². The molecular weight excluding hydrogens is 192 g/mol. The van der Waals surface area contributed by atoms with Crippen LogP contribution in [0.5, 0.6) is 0 Å². The van der Waals surface area contributed by atoms with Crippen molar-refractivity contribution in [2.45, 2.75) is 19.1 Å². The molecule has 0 heterocycles. The molecule has 0 rings (SSSR count). The summed E-state index contributed by atoms with van der Waals surface area (Å²) in [4.78, 5) is 21.7. The third-order valence-electron chi connectivity index (χ3n) is 1.27. The molecule has 1 atom stereocenters. The van der Waals surface area contributed by atoms with Gasteiger partial charge in [0.1, 0.15) is 0 Å². The fraction of sp³-hybridized carbons (Fsp3) is 0.714. The van der Waals surface area contributed by atoms with Crippen LogP contribution < -0.4 is 11.3 Å². The lowest BCUT2D eigenvalue weighted by Crippen LogP contribution is -2.36. The highest BCUT2D eigenvalue weighted by atomic mass is 32.2. The molecule has 0 spiro atoms. The maximum atomic E-state index is 10.9. The number of nitrogens with one attached hydrogen (secondary N) is 1. The van der Waals surface area contributed by atoms with E-state index in [0.29, 0.717) is 6.61 Å². The van der Waals surface area contributed by atoms with Crippen molar-refractivity contribution in [1.82, 2.24) is 5.43 Å². The molecule has 0 aromatic heterocycles. The Morgan fingerprint density at radius 3 is 2.69 bits per heavy atom. The van der Waals surface area contributed by atoms with Gasteiger partial charge in [0.15, 0.2) is 0 Å². The molecule has 0 radical (unpaired) electrons. The largest absolute Gasteiger partial charge is 0.465 e. The number of carbonyl (C=O) groups excluding carboxylic acids is 2. The predicted molar refractivity (Wildman–Crippen MR) is 50.9 cm³/mol. The summed E-state index contributed by atoms with van der Waals surface area (Å²) in [5, 5.41) is -0.339. The molecular formula is C7H14N2O3S. The number of thioether (sulfide) groups is 1. The van der Waals surface area contributed by atoms with E-state index < -0.39 is 0 Å². The van der Waals surface area contributed by atoms with Crippen LogP contribution in [-0.2, 0) is 14.3 Å². The lowest BCUT2D eigenvalue weighted by atomic mass is 10.5. The van der Waals surface area contributed by atoms with Gasteiger partial charge in [-0.1, -0.05) is 0 Å². The predicted octanol–water partition coefficient (Wildman–Crippen LogP) is -0.339. The Kier molecular flexibility index (Phi) is 6.34. The van der Waals surface area contributed by atoms with Crippen LogP contribution in [0, 0.1) is 0 Å². The van der Waals surface area contributed by atoms with E-state index in [1.165, 1.54) is 11.8 Å². The van der Waals surface area contributed by atoms with Crippen molar-refractivity contribution >= 4 is 23.6 Å². The average molecular weight is 206 g/mol. The Morgan fingerprint density at radius 2 is 2.23 bits per heavy atom. The normalized spacial score (nSPS) is 11.9. The van der Waals surface area contributed by atoms with Crippen LogP contribution in [0.25, 0.3) is 0 Å². The fourth-order valence-corrected chi connectivity index (χ4v) is 1.28. The van der Waals surface area contributed by atoms with E-state index in [-0.39, 0.29) is 22.9 Å². The second kappa shape index (κ2) is 6.73. The van der Waals surface area contributed by atoms with Crippen molar-refractivity contribution in [1.29, 1.82) is 0 Å². The van der Waals surface area contributed by atoms with Crippen LogP contribution in [0.4, 0.5) is 0 Å². The summed E-state index contributed by atoms with van der Waals surface area (Å²) in [6.45, 7) is 3.77. The Balaban J connectivity index is 3.63. The molecule has 0 fully saturated rings. The van der Waals surface area contributed by atoms with Crippen LogP contribution in [0.1, 0.15) is 13.8 Å². The van der Waals surface area contributed by atoms with Crippen molar-refractivity contribution in [3.8, 4) is 0 Å². The highest BCUT2D eigenvalue weighted by Gasteiger charge is 2.13. The lowest BCUT2D eigenvalue weighted by Gasteiger charge is -2.08. The number of carbonyl (C=O) groups is 2. The molecule has 0 aliphatic carbocycles. The first-order valence-electron chi connectivity index (χ1n) is 3.89. The second-order valence-corrected chi connectivity index (χ2v) is 3.60. The third kappa shape index (κ3) is 5.48. The zero-order chi connectivity index (χ0) is 10.3. The number of hydrazine groups is 1. The van der Waals surface area contributed by atoms with Crippen LogP contribution in [0.3, 0.4) is 0 Å². The molecule has 3 N–H and O–H groups in total. The number of hydrogen-bond donors (Lipinski definition) is 2. The minimum Gasteiger partial charge on any atom is -0.465 e. The molecule has 6 heteroatoms. The molecule has 13 heavy (non-hydrogen) atoms. The molecule has 5 nitrogen and oxygen atoms in total. The van der Waals surface area contributed by atoms with Crippen LogP contribution in [0.2, 0.25) is 0 Å². The topological polar surface area (TPSA) is 81.4 Å². The Hall–Kier alpha value is -0.750. The zero-order valence-corrected chi connectivity index (χ0v) is 8.52. The van der Waals surface area contributed by atoms with Gasteiger partial charge in [0.2, 0.25) is 5.91 Å². The van der Waals surface area contributed by atoms with Gasteiger partial charge in [-0.2, -0.15) is 0 Å². The highest BCUT2D eigenvalue weighted by molar-refractivity contribution is 8.01. The van der Waals surface area contributed by atoms with E-state index >= 15 is 0 Å². The maximum absolute atomic E-state index is 10.9. The highest BCUT2D eigenvalue weighted by Crippen LogP contribution is 2.09. The smallest absolute Gasteiger partial charge is 0.315 e. The number of esters is 1. The van der Waals surface area contributed by atoms with Crippen molar-refractivity contribution in [3.63, 3.8) is 0 Å². The van der Waals surface area contributed by atoms with Gasteiger partial charge >= 0.3 is 5.97 Å². The number of nitrogens with two attached hydrogens (primary N) is 1. The minimum absolute atomic E-state index is 0.169. The van der Waals surface area contributed by atoms with Crippen molar-refractivity contribution in [3.05, 3.63) is 0 Å². The number of ether oxygens (including phenoxy) is 1. The molecule has 0 aromatic rings. The van der Waals surface area contributed by atoms with Crippen LogP contribution in [-0.4, -0.2) is 29.5 Å². The molecule has 0 aliphatic rings. The number of amides is 1. The minimum atomic E-state index is -0.339. The van der Waals surface area contributed by atoms with Crippen molar-refractivity contribution < 1.29 is 14.3 Å². The molecule has 0 saturated carbocycles. The average Bonchev–Trinajstić information content (AvgIpc) is 2.13. The summed E-state index contributed by atoms with van der Waals surface area (Å²) < 4.78 is 4.68. The van der Waals surface area contributed by atoms with E-state index in [1.54, 1.807) is 13.8 Å². The number of rotatable bonds is 5. The fourth-order valence-electron chi connectivity index (χ4n) is 0.589. The summed E-state index contributed by atoms with van der Waals surface area (Å²) in [7, 11) is 0. The van der Waals surface area contributed by atoms with Gasteiger partial charge < -0.3 is 4.74 Å². The summed E-state index contributed by atoms with van der Waals surface area (Å²) >= 11 is 1.19. The van der Waals surface area contributed by atoms with Gasteiger partial charge in [0.25, 0.3) is 0 Å². The number of hydrogen-bond acceptors (Lipinski definition) is 5. The van der Waals surface area contributed by atoms with Gasteiger partial charge in [-0.05, 0) is 13.8 Å². The monoisotopic (exact) mass is 206 g/mol. The first-order chi connectivity index (χ1) is 6.11. The van der Waals surface area contributed by atoms with E-state index in [9.17, 15) is 9.59 Å². The van der Waals surface area contributed by atoms with E-state index in [1.807, 2.05) is 5.43 Å². The molecule has 0 saturated heterocycles.